The van der Waals surface area contributed by atoms with Crippen LogP contribution in [-0.4, -0.2) is 11.1 Å². The van der Waals surface area contributed by atoms with Crippen LogP contribution >= 0.6 is 0 Å². The Kier molecular flexibility index (Phi) is 4.32. The number of esters is 1. The molecule has 0 bridgehead atoms. The number of rotatable bonds is 3. The minimum Gasteiger partial charge on any atom is -0.508 e. The zero-order valence-electron chi connectivity index (χ0n) is 12.6. The fourth-order valence-corrected chi connectivity index (χ4v) is 1.81. The van der Waals surface area contributed by atoms with Gasteiger partial charge in [0.2, 0.25) is 0 Å². The molecule has 110 valence electrons. The quantitative estimate of drug-likeness (QED) is 0.861. The van der Waals surface area contributed by atoms with E-state index in [2.05, 4.69) is 0 Å². The summed E-state index contributed by atoms with van der Waals surface area (Å²) in [5.74, 6) is 0.0505. The van der Waals surface area contributed by atoms with Crippen molar-refractivity contribution in [2.75, 3.05) is 0 Å². The standard InChI is InChI=1S/C18H20O3/c1-18(2,3)17(20)21-12-13-4-6-14(7-5-13)15-8-10-16(19)11-9-15/h4-11,19H,12H2,1-3H3. The number of carbonyl (C=O) groups excluding carboxylic acids is 1. The van der Waals surface area contributed by atoms with Crippen molar-refractivity contribution in [2.24, 2.45) is 5.41 Å². The first-order valence-corrected chi connectivity index (χ1v) is 6.92. The molecule has 0 saturated carbocycles. The topological polar surface area (TPSA) is 46.5 Å². The number of hydrogen-bond donors (Lipinski definition) is 1. The molecule has 3 nitrogen and oxygen atoms in total. The molecule has 0 amide bonds. The second-order valence-corrected chi connectivity index (χ2v) is 6.07. The summed E-state index contributed by atoms with van der Waals surface area (Å²) in [5, 5.41) is 9.29. The van der Waals surface area contributed by atoms with E-state index in [-0.39, 0.29) is 18.3 Å². The van der Waals surface area contributed by atoms with Crippen molar-refractivity contribution < 1.29 is 14.6 Å². The van der Waals surface area contributed by atoms with Gasteiger partial charge < -0.3 is 9.84 Å². The summed E-state index contributed by atoms with van der Waals surface area (Å²) in [6.45, 7) is 5.79. The predicted molar refractivity (Wildman–Crippen MR) is 82.8 cm³/mol. The number of aromatic hydroxyl groups is 1. The van der Waals surface area contributed by atoms with Crippen LogP contribution in [0.15, 0.2) is 48.5 Å². The van der Waals surface area contributed by atoms with Gasteiger partial charge in [-0.15, -0.1) is 0 Å². The van der Waals surface area contributed by atoms with Crippen LogP contribution in [0.1, 0.15) is 26.3 Å². The molecule has 2 aromatic rings. The third-order valence-corrected chi connectivity index (χ3v) is 3.14. The molecular formula is C18H20O3. The Hall–Kier alpha value is -2.29. The predicted octanol–water partition coefficient (Wildman–Crippen LogP) is 4.15. The maximum absolute atomic E-state index is 11.7. The first kappa shape index (κ1) is 15.1. The highest BCUT2D eigenvalue weighted by atomic mass is 16.5. The van der Waals surface area contributed by atoms with E-state index in [1.165, 1.54) is 0 Å². The molecule has 0 spiro atoms. The van der Waals surface area contributed by atoms with Gasteiger partial charge in [-0.25, -0.2) is 0 Å². The van der Waals surface area contributed by atoms with Crippen molar-refractivity contribution in [3.63, 3.8) is 0 Å². The average molecular weight is 284 g/mol. The zero-order valence-corrected chi connectivity index (χ0v) is 12.6. The molecule has 0 fully saturated rings. The molecule has 0 heterocycles. The van der Waals surface area contributed by atoms with Crippen LogP contribution in [0, 0.1) is 5.41 Å². The lowest BCUT2D eigenvalue weighted by molar-refractivity contribution is -0.154. The van der Waals surface area contributed by atoms with Gasteiger partial charge in [0.1, 0.15) is 12.4 Å². The number of benzene rings is 2. The van der Waals surface area contributed by atoms with Crippen LogP contribution < -0.4 is 0 Å². The molecule has 1 N–H and O–H groups in total. The Morgan fingerprint density at radius 3 is 1.90 bits per heavy atom. The first-order chi connectivity index (χ1) is 9.86. The molecule has 0 aliphatic rings. The highest BCUT2D eigenvalue weighted by Crippen LogP contribution is 2.23. The Morgan fingerprint density at radius 2 is 1.43 bits per heavy atom. The van der Waals surface area contributed by atoms with Crippen LogP contribution in [0.5, 0.6) is 5.75 Å². The third-order valence-electron chi connectivity index (χ3n) is 3.14. The molecule has 0 atom stereocenters. The molecule has 3 heteroatoms. The van der Waals surface area contributed by atoms with Crippen molar-refractivity contribution in [3.05, 3.63) is 54.1 Å². The Bertz CT molecular complexity index is 604. The van der Waals surface area contributed by atoms with Gasteiger partial charge in [-0.2, -0.15) is 0 Å². The largest absolute Gasteiger partial charge is 0.508 e. The maximum atomic E-state index is 11.7. The molecular weight excluding hydrogens is 264 g/mol. The van der Waals surface area contributed by atoms with Gasteiger partial charge in [0.15, 0.2) is 0 Å². The molecule has 2 aromatic carbocycles. The van der Waals surface area contributed by atoms with E-state index in [1.54, 1.807) is 12.1 Å². The Balaban J connectivity index is 2.02. The number of carbonyl (C=O) groups is 1. The minimum atomic E-state index is -0.480. The van der Waals surface area contributed by atoms with Crippen molar-refractivity contribution in [1.82, 2.24) is 0 Å². The lowest BCUT2D eigenvalue weighted by atomic mass is 9.97. The first-order valence-electron chi connectivity index (χ1n) is 6.92. The number of hydrogen-bond acceptors (Lipinski definition) is 3. The van der Waals surface area contributed by atoms with E-state index >= 15 is 0 Å². The van der Waals surface area contributed by atoms with Crippen LogP contribution in [0.25, 0.3) is 11.1 Å². The van der Waals surface area contributed by atoms with Crippen LogP contribution in [0.4, 0.5) is 0 Å². The molecule has 0 unspecified atom stereocenters. The summed E-state index contributed by atoms with van der Waals surface area (Å²) in [7, 11) is 0. The van der Waals surface area contributed by atoms with E-state index in [1.807, 2.05) is 57.2 Å². The fourth-order valence-electron chi connectivity index (χ4n) is 1.81. The van der Waals surface area contributed by atoms with Gasteiger partial charge in [0.05, 0.1) is 5.41 Å². The highest BCUT2D eigenvalue weighted by molar-refractivity contribution is 5.75. The number of ether oxygens (including phenoxy) is 1. The van der Waals surface area contributed by atoms with Crippen LogP contribution in [-0.2, 0) is 16.1 Å². The van der Waals surface area contributed by atoms with E-state index in [4.69, 9.17) is 4.74 Å². The summed E-state index contributed by atoms with van der Waals surface area (Å²) in [6, 6.07) is 14.9. The highest BCUT2D eigenvalue weighted by Gasteiger charge is 2.22. The van der Waals surface area contributed by atoms with Crippen molar-refractivity contribution in [1.29, 1.82) is 0 Å². The normalized spacial score (nSPS) is 11.2. The van der Waals surface area contributed by atoms with Gasteiger partial charge in [-0.05, 0) is 49.6 Å². The van der Waals surface area contributed by atoms with Crippen molar-refractivity contribution in [2.45, 2.75) is 27.4 Å². The van der Waals surface area contributed by atoms with Crippen molar-refractivity contribution in [3.8, 4) is 16.9 Å². The smallest absolute Gasteiger partial charge is 0.311 e. The van der Waals surface area contributed by atoms with E-state index in [0.717, 1.165) is 16.7 Å². The maximum Gasteiger partial charge on any atom is 0.311 e. The molecule has 0 radical (unpaired) electrons. The number of phenolic OH excluding ortho intramolecular Hbond substituents is 1. The van der Waals surface area contributed by atoms with Gasteiger partial charge in [0.25, 0.3) is 0 Å². The summed E-state index contributed by atoms with van der Waals surface area (Å²) in [6.07, 6.45) is 0. The fraction of sp³-hybridized carbons (Fsp3) is 0.278. The Morgan fingerprint density at radius 1 is 0.952 bits per heavy atom. The SMILES string of the molecule is CC(C)(C)C(=O)OCc1ccc(-c2ccc(O)cc2)cc1. The zero-order chi connectivity index (χ0) is 15.5. The summed E-state index contributed by atoms with van der Waals surface area (Å²) in [4.78, 5) is 11.7. The molecule has 0 aromatic heterocycles. The Labute approximate surface area is 125 Å². The van der Waals surface area contributed by atoms with E-state index < -0.39 is 5.41 Å². The van der Waals surface area contributed by atoms with Gasteiger partial charge in [-0.1, -0.05) is 36.4 Å². The molecule has 2 rings (SSSR count). The second-order valence-electron chi connectivity index (χ2n) is 6.07. The molecule has 0 aliphatic carbocycles. The second kappa shape index (κ2) is 6.00. The van der Waals surface area contributed by atoms with Gasteiger partial charge >= 0.3 is 5.97 Å². The molecule has 0 saturated heterocycles. The average Bonchev–Trinajstić information content (AvgIpc) is 2.45. The van der Waals surface area contributed by atoms with E-state index in [0.29, 0.717) is 0 Å². The summed E-state index contributed by atoms with van der Waals surface area (Å²) < 4.78 is 5.28. The lowest BCUT2D eigenvalue weighted by Gasteiger charge is -2.16. The molecule has 21 heavy (non-hydrogen) atoms. The summed E-state index contributed by atoms with van der Waals surface area (Å²) >= 11 is 0. The third kappa shape index (κ3) is 4.09. The van der Waals surface area contributed by atoms with E-state index in [9.17, 15) is 9.90 Å². The molecule has 0 aliphatic heterocycles. The lowest BCUT2D eigenvalue weighted by Crippen LogP contribution is -2.22. The monoisotopic (exact) mass is 284 g/mol. The van der Waals surface area contributed by atoms with Crippen LogP contribution in [0.2, 0.25) is 0 Å². The van der Waals surface area contributed by atoms with Crippen LogP contribution in [0.3, 0.4) is 0 Å². The number of phenols is 1. The minimum absolute atomic E-state index is 0.204. The summed E-state index contributed by atoms with van der Waals surface area (Å²) in [5.41, 5.74) is 2.56. The van der Waals surface area contributed by atoms with Crippen molar-refractivity contribution >= 4 is 5.97 Å². The van der Waals surface area contributed by atoms with Gasteiger partial charge in [0, 0.05) is 0 Å². The van der Waals surface area contributed by atoms with Gasteiger partial charge in [-0.3, -0.25) is 4.79 Å².